The van der Waals surface area contributed by atoms with E-state index in [0.29, 0.717) is 40.7 Å². The summed E-state index contributed by atoms with van der Waals surface area (Å²) in [4.78, 5) is 38.8. The molecule has 4 fully saturated rings. The van der Waals surface area contributed by atoms with Crippen molar-refractivity contribution < 1.29 is 28.6 Å². The first-order chi connectivity index (χ1) is 20.5. The Balaban J connectivity index is 1.06. The van der Waals surface area contributed by atoms with Gasteiger partial charge >= 0.3 is 17.9 Å². The first-order valence-corrected chi connectivity index (χ1v) is 15.5. The summed E-state index contributed by atoms with van der Waals surface area (Å²) in [7, 11) is 0. The fourth-order valence-electron chi connectivity index (χ4n) is 8.38. The number of fused-ring (bicyclic) bond motifs is 3. The highest BCUT2D eigenvalue weighted by Crippen LogP contribution is 2.57. The molecular weight excluding hydrogens is 528 g/mol. The fourth-order valence-corrected chi connectivity index (χ4v) is 8.38. The van der Waals surface area contributed by atoms with Gasteiger partial charge < -0.3 is 14.2 Å². The van der Waals surface area contributed by atoms with Gasteiger partial charge in [-0.2, -0.15) is 0 Å². The van der Waals surface area contributed by atoms with E-state index in [9.17, 15) is 14.4 Å². The second-order valence-electron chi connectivity index (χ2n) is 12.8. The molecule has 1 heterocycles. The molecule has 0 bridgehead atoms. The molecule has 1 unspecified atom stereocenters. The Morgan fingerprint density at radius 2 is 1.05 bits per heavy atom. The minimum absolute atomic E-state index is 0.0257. The molecule has 0 aromatic heterocycles. The second-order valence-corrected chi connectivity index (χ2v) is 12.8. The Morgan fingerprint density at radius 1 is 0.619 bits per heavy atom. The Hall–Kier alpha value is -3.93. The Labute approximate surface area is 245 Å². The van der Waals surface area contributed by atoms with Crippen LogP contribution in [0.3, 0.4) is 0 Å². The molecule has 8 rings (SSSR count). The molecule has 0 saturated heterocycles. The molecule has 4 saturated carbocycles. The van der Waals surface area contributed by atoms with Gasteiger partial charge in [0.15, 0.2) is 5.60 Å². The van der Waals surface area contributed by atoms with Crippen molar-refractivity contribution in [3.8, 4) is 11.5 Å². The van der Waals surface area contributed by atoms with Gasteiger partial charge in [0.2, 0.25) is 0 Å². The summed E-state index contributed by atoms with van der Waals surface area (Å²) >= 11 is 0. The van der Waals surface area contributed by atoms with Gasteiger partial charge in [0.1, 0.15) is 11.5 Å². The second kappa shape index (κ2) is 9.82. The van der Waals surface area contributed by atoms with E-state index >= 15 is 0 Å². The van der Waals surface area contributed by atoms with Crippen molar-refractivity contribution >= 4 is 17.9 Å². The van der Waals surface area contributed by atoms with E-state index < -0.39 is 11.6 Å². The van der Waals surface area contributed by atoms with Gasteiger partial charge in [-0.15, -0.1) is 0 Å². The first kappa shape index (κ1) is 25.8. The summed E-state index contributed by atoms with van der Waals surface area (Å²) in [6.45, 7) is 0. The molecule has 42 heavy (non-hydrogen) atoms. The van der Waals surface area contributed by atoms with Crippen molar-refractivity contribution in [3.63, 3.8) is 0 Å². The Kier molecular flexibility index (Phi) is 6.02. The highest BCUT2D eigenvalue weighted by molar-refractivity contribution is 5.96. The number of carbonyl (C=O) groups excluding carboxylic acids is 3. The molecule has 3 aromatic carbocycles. The zero-order valence-corrected chi connectivity index (χ0v) is 23.5. The number of hydrogen-bond donors (Lipinski definition) is 0. The number of rotatable bonds is 6. The van der Waals surface area contributed by atoms with Crippen molar-refractivity contribution in [2.75, 3.05) is 0 Å². The van der Waals surface area contributed by atoms with Crippen LogP contribution in [0, 0.1) is 35.5 Å². The molecule has 1 aliphatic heterocycles. The van der Waals surface area contributed by atoms with Gasteiger partial charge in [0.25, 0.3) is 0 Å². The molecule has 5 atom stereocenters. The number of ether oxygens (including phenoxy) is 3. The molecule has 4 aliphatic carbocycles. The fraction of sp³-hybridized carbons (Fsp3) is 0.417. The highest BCUT2D eigenvalue weighted by atomic mass is 16.6. The third-order valence-electron chi connectivity index (χ3n) is 10.6. The van der Waals surface area contributed by atoms with Gasteiger partial charge in [-0.25, -0.2) is 4.79 Å². The normalized spacial score (nSPS) is 32.0. The van der Waals surface area contributed by atoms with Gasteiger partial charge in [0, 0.05) is 16.7 Å². The summed E-state index contributed by atoms with van der Waals surface area (Å²) in [5.74, 6) is 2.30. The van der Waals surface area contributed by atoms with Gasteiger partial charge in [-0.3, -0.25) is 9.59 Å². The summed E-state index contributed by atoms with van der Waals surface area (Å²) in [5.41, 5.74) is 1.56. The molecule has 6 heteroatoms. The number of benzene rings is 3. The van der Waals surface area contributed by atoms with E-state index in [1.807, 2.05) is 42.5 Å². The molecule has 5 aliphatic rings. The molecule has 0 radical (unpaired) electrons. The third kappa shape index (κ3) is 4.10. The van der Waals surface area contributed by atoms with Crippen LogP contribution in [0.4, 0.5) is 0 Å². The van der Waals surface area contributed by atoms with Crippen molar-refractivity contribution in [1.29, 1.82) is 0 Å². The van der Waals surface area contributed by atoms with Crippen LogP contribution in [0.1, 0.15) is 78.4 Å². The SMILES string of the molecule is O=C1OC(c2ccc(OC(=O)C3[C@H]4CCCC[C@H]34)cc2)(c2ccc(OC(=O)C3[C@@H]4CCCC[C@@H]34)cc2)c2ccccc21. The van der Waals surface area contributed by atoms with Crippen LogP contribution < -0.4 is 9.47 Å². The zero-order chi connectivity index (χ0) is 28.4. The molecule has 214 valence electrons. The average Bonchev–Trinajstić information content (AvgIpc) is 3.92. The lowest BCUT2D eigenvalue weighted by Crippen LogP contribution is -2.29. The quantitative estimate of drug-likeness (QED) is 0.242. The average molecular weight is 563 g/mol. The predicted molar refractivity (Wildman–Crippen MR) is 154 cm³/mol. The predicted octanol–water partition coefficient (Wildman–Crippen LogP) is 6.83. The maximum Gasteiger partial charge on any atom is 0.340 e. The lowest BCUT2D eigenvalue weighted by atomic mass is 9.80. The number of cyclic esters (lactones) is 1. The summed E-state index contributed by atoms with van der Waals surface area (Å²) in [6.07, 6.45) is 9.29. The van der Waals surface area contributed by atoms with E-state index in [-0.39, 0.29) is 23.8 Å². The lowest BCUT2D eigenvalue weighted by Gasteiger charge is -2.30. The van der Waals surface area contributed by atoms with Crippen molar-refractivity contribution in [1.82, 2.24) is 0 Å². The Bertz CT molecular complexity index is 1450. The van der Waals surface area contributed by atoms with Crippen LogP contribution >= 0.6 is 0 Å². The molecule has 6 nitrogen and oxygen atoms in total. The largest absolute Gasteiger partial charge is 0.441 e. The molecule has 0 spiro atoms. The van der Waals surface area contributed by atoms with Crippen LogP contribution in [0.15, 0.2) is 72.8 Å². The maximum absolute atomic E-state index is 13.1. The number of esters is 3. The monoisotopic (exact) mass is 562 g/mol. The van der Waals surface area contributed by atoms with Crippen LogP contribution in [0.2, 0.25) is 0 Å². The standard InChI is InChI=1S/C36H34O6/c37-33-29-11-5-6-12-30(29)36(42-33,21-13-17-23(18-14-21)40-34(38)31-25-7-1-2-8-26(25)31)22-15-19-24(20-16-22)41-35(39)32-27-9-3-4-10-28(27)32/h5-6,11-20,25-28,31-32H,1-4,7-10H2/t25-,26-,27+,28+,36?. The number of hydrogen-bond acceptors (Lipinski definition) is 6. The summed E-state index contributed by atoms with van der Waals surface area (Å²) in [6, 6.07) is 22.0. The lowest BCUT2D eigenvalue weighted by molar-refractivity contribution is -0.137. The smallest absolute Gasteiger partial charge is 0.340 e. The minimum atomic E-state index is -1.18. The van der Waals surface area contributed by atoms with Crippen LogP contribution in [-0.4, -0.2) is 17.9 Å². The number of carbonyl (C=O) groups is 3. The van der Waals surface area contributed by atoms with E-state index in [2.05, 4.69) is 0 Å². The van der Waals surface area contributed by atoms with E-state index in [0.717, 1.165) is 42.4 Å². The van der Waals surface area contributed by atoms with E-state index in [1.165, 1.54) is 25.7 Å². The van der Waals surface area contributed by atoms with Crippen molar-refractivity contribution in [2.45, 2.75) is 57.0 Å². The highest BCUT2D eigenvalue weighted by Gasteiger charge is 2.57. The minimum Gasteiger partial charge on any atom is -0.441 e. The van der Waals surface area contributed by atoms with Gasteiger partial charge in [-0.05, 0) is 79.7 Å². The first-order valence-electron chi connectivity index (χ1n) is 15.5. The topological polar surface area (TPSA) is 78.9 Å². The molecule has 0 amide bonds. The molecule has 0 N–H and O–H groups in total. The van der Waals surface area contributed by atoms with E-state index in [1.54, 1.807) is 30.3 Å². The summed E-state index contributed by atoms with van der Waals surface area (Å²) in [5, 5.41) is 0. The Morgan fingerprint density at radius 3 is 1.50 bits per heavy atom. The maximum atomic E-state index is 13.1. The van der Waals surface area contributed by atoms with Crippen LogP contribution in [0.5, 0.6) is 11.5 Å². The van der Waals surface area contributed by atoms with Gasteiger partial charge in [0.05, 0.1) is 17.4 Å². The zero-order valence-electron chi connectivity index (χ0n) is 23.5. The third-order valence-corrected chi connectivity index (χ3v) is 10.6. The molecular formula is C36H34O6. The van der Waals surface area contributed by atoms with Gasteiger partial charge in [-0.1, -0.05) is 68.1 Å². The summed E-state index contributed by atoms with van der Waals surface area (Å²) < 4.78 is 17.8. The van der Waals surface area contributed by atoms with Crippen LogP contribution in [-0.2, 0) is 19.9 Å². The van der Waals surface area contributed by atoms with Crippen LogP contribution in [0.25, 0.3) is 0 Å². The van der Waals surface area contributed by atoms with E-state index in [4.69, 9.17) is 14.2 Å². The molecule has 3 aromatic rings. The van der Waals surface area contributed by atoms with Crippen molar-refractivity contribution in [3.05, 3.63) is 95.1 Å². The van der Waals surface area contributed by atoms with Crippen molar-refractivity contribution in [2.24, 2.45) is 35.5 Å².